The summed E-state index contributed by atoms with van der Waals surface area (Å²) in [6.45, 7) is 4.41. The Morgan fingerprint density at radius 3 is 2.64 bits per heavy atom. The summed E-state index contributed by atoms with van der Waals surface area (Å²) in [6, 6.07) is 4.31. The number of hydrogen-bond acceptors (Lipinski definition) is 8. The number of allylic oxidation sites excluding steroid dienone is 1. The Morgan fingerprint density at radius 1 is 1.21 bits per heavy atom. The van der Waals surface area contributed by atoms with E-state index in [1.165, 1.54) is 32.0 Å². The maximum atomic E-state index is 13.0. The third-order valence-corrected chi connectivity index (χ3v) is 7.19. The van der Waals surface area contributed by atoms with Crippen LogP contribution in [0.4, 0.5) is 0 Å². The number of hydrogen-bond donors (Lipinski definition) is 2. The first-order valence-corrected chi connectivity index (χ1v) is 12.5. The molecule has 0 atom stereocenters. The predicted octanol–water partition coefficient (Wildman–Crippen LogP) is 3.21. The van der Waals surface area contributed by atoms with E-state index in [2.05, 4.69) is 32.8 Å². The number of nitriles is 1. The standard InChI is InChI=1S/C24H33N5O3S/c25-10-7-21(33)23-27-20(15-22(28-23)32-16-17-8-13-31-14-9-17)24(30)26-18-3-5-19(6-4-18)29-11-1-2-12-29/h7,15,17-19,33H,1-6,8-9,11-14,16H2,(H,26,30)/b21-7-. The SMILES string of the molecule is N#C/C=C(\S)c1nc(OCC2CCOCC2)cc(C(=O)NC2CCC(N3CCCC3)CC2)n1. The van der Waals surface area contributed by atoms with Crippen molar-refractivity contribution in [1.29, 1.82) is 5.26 Å². The lowest BCUT2D eigenvalue weighted by molar-refractivity contribution is 0.0490. The summed E-state index contributed by atoms with van der Waals surface area (Å²) in [5.74, 6) is 0.696. The summed E-state index contributed by atoms with van der Waals surface area (Å²) in [5.41, 5.74) is 0.238. The van der Waals surface area contributed by atoms with Gasteiger partial charge in [0.2, 0.25) is 5.88 Å². The van der Waals surface area contributed by atoms with Gasteiger partial charge in [0.15, 0.2) is 5.82 Å². The molecule has 8 nitrogen and oxygen atoms in total. The van der Waals surface area contributed by atoms with Crippen LogP contribution in [-0.4, -0.2) is 65.8 Å². The molecule has 2 saturated heterocycles. The molecule has 3 heterocycles. The maximum Gasteiger partial charge on any atom is 0.270 e. The quantitative estimate of drug-likeness (QED) is 0.465. The highest BCUT2D eigenvalue weighted by Crippen LogP contribution is 2.26. The second-order valence-corrected chi connectivity index (χ2v) is 9.64. The third kappa shape index (κ3) is 6.69. The van der Waals surface area contributed by atoms with Crippen LogP contribution in [0.2, 0.25) is 0 Å². The molecule has 0 spiro atoms. The Balaban J connectivity index is 1.40. The monoisotopic (exact) mass is 471 g/mol. The molecule has 2 aliphatic heterocycles. The number of nitrogens with zero attached hydrogens (tertiary/aromatic N) is 4. The zero-order valence-electron chi connectivity index (χ0n) is 19.0. The van der Waals surface area contributed by atoms with Gasteiger partial charge in [-0.15, -0.1) is 12.6 Å². The lowest BCUT2D eigenvalue weighted by Gasteiger charge is -2.34. The summed E-state index contributed by atoms with van der Waals surface area (Å²) in [6.07, 6.45) is 9.93. The Labute approximate surface area is 201 Å². The van der Waals surface area contributed by atoms with Crippen LogP contribution in [0.1, 0.15) is 67.7 Å². The molecule has 3 fully saturated rings. The molecule has 9 heteroatoms. The smallest absolute Gasteiger partial charge is 0.270 e. The van der Waals surface area contributed by atoms with Crippen molar-refractivity contribution >= 4 is 23.4 Å². The second kappa shape index (κ2) is 11.8. The van der Waals surface area contributed by atoms with E-state index in [1.54, 1.807) is 6.07 Å². The van der Waals surface area contributed by atoms with Gasteiger partial charge in [0.1, 0.15) is 5.69 Å². The van der Waals surface area contributed by atoms with Gasteiger partial charge in [-0.2, -0.15) is 10.2 Å². The number of nitrogens with one attached hydrogen (secondary N) is 1. The molecule has 3 aliphatic rings. The molecule has 0 aromatic carbocycles. The van der Waals surface area contributed by atoms with Crippen LogP contribution in [0.15, 0.2) is 12.1 Å². The first kappa shape index (κ1) is 24.0. The normalized spacial score (nSPS) is 24.9. The minimum Gasteiger partial charge on any atom is -0.477 e. The number of thiol groups is 1. The Hall–Kier alpha value is -2.15. The number of carbonyl (C=O) groups is 1. The summed E-state index contributed by atoms with van der Waals surface area (Å²) in [5, 5.41) is 12.1. The predicted molar refractivity (Wildman–Crippen MR) is 128 cm³/mol. The molecule has 0 unspecified atom stereocenters. The minimum atomic E-state index is -0.239. The third-order valence-electron chi connectivity index (χ3n) is 6.86. The number of amides is 1. The molecule has 0 bridgehead atoms. The van der Waals surface area contributed by atoms with Crippen molar-refractivity contribution in [2.45, 2.75) is 63.5 Å². The van der Waals surface area contributed by atoms with E-state index in [0.29, 0.717) is 29.4 Å². The van der Waals surface area contributed by atoms with Gasteiger partial charge in [-0.3, -0.25) is 4.79 Å². The molecular formula is C24H33N5O3S. The van der Waals surface area contributed by atoms with Crippen molar-refractivity contribution in [3.05, 3.63) is 23.7 Å². The van der Waals surface area contributed by atoms with Crippen molar-refractivity contribution in [2.75, 3.05) is 32.9 Å². The molecule has 0 radical (unpaired) electrons. The highest BCUT2D eigenvalue weighted by molar-refractivity contribution is 7.90. The molecule has 4 rings (SSSR count). The average molecular weight is 472 g/mol. The van der Waals surface area contributed by atoms with E-state index < -0.39 is 0 Å². The summed E-state index contributed by atoms with van der Waals surface area (Å²) in [4.78, 5) is 24.7. The first-order chi connectivity index (χ1) is 16.1. The van der Waals surface area contributed by atoms with Crippen molar-refractivity contribution < 1.29 is 14.3 Å². The van der Waals surface area contributed by atoms with Gasteiger partial charge in [-0.1, -0.05) is 0 Å². The van der Waals surface area contributed by atoms with Crippen molar-refractivity contribution in [1.82, 2.24) is 20.2 Å². The lowest BCUT2D eigenvalue weighted by Crippen LogP contribution is -2.43. The molecule has 33 heavy (non-hydrogen) atoms. The van der Waals surface area contributed by atoms with E-state index in [9.17, 15) is 4.79 Å². The van der Waals surface area contributed by atoms with Crippen molar-refractivity contribution in [3.8, 4) is 11.9 Å². The van der Waals surface area contributed by atoms with Gasteiger partial charge in [0.25, 0.3) is 5.91 Å². The molecule has 1 aromatic rings. The van der Waals surface area contributed by atoms with Gasteiger partial charge in [-0.25, -0.2) is 4.98 Å². The van der Waals surface area contributed by atoms with Gasteiger partial charge in [-0.05, 0) is 70.4 Å². The number of aromatic nitrogens is 2. The first-order valence-electron chi connectivity index (χ1n) is 12.1. The molecule has 178 valence electrons. The zero-order chi connectivity index (χ0) is 23.0. The lowest BCUT2D eigenvalue weighted by atomic mass is 9.90. The van der Waals surface area contributed by atoms with E-state index in [-0.39, 0.29) is 23.5 Å². The van der Waals surface area contributed by atoms with Gasteiger partial charge < -0.3 is 19.7 Å². The molecular weight excluding hydrogens is 438 g/mol. The van der Waals surface area contributed by atoms with Crippen LogP contribution < -0.4 is 10.1 Å². The van der Waals surface area contributed by atoms with E-state index in [4.69, 9.17) is 14.7 Å². The molecule has 1 aromatic heterocycles. The van der Waals surface area contributed by atoms with Gasteiger partial charge in [0.05, 0.1) is 17.6 Å². The van der Waals surface area contributed by atoms with Crippen LogP contribution in [0.25, 0.3) is 4.91 Å². The van der Waals surface area contributed by atoms with E-state index in [1.807, 2.05) is 6.07 Å². The topological polar surface area (TPSA) is 100 Å². The number of likely N-dealkylation sites (tertiary alicyclic amines) is 1. The van der Waals surface area contributed by atoms with Crippen LogP contribution in [0.3, 0.4) is 0 Å². The Bertz CT molecular complexity index is 883. The highest BCUT2D eigenvalue weighted by Gasteiger charge is 2.28. The van der Waals surface area contributed by atoms with Gasteiger partial charge in [0, 0.05) is 37.4 Å². The average Bonchev–Trinajstić information content (AvgIpc) is 3.39. The molecule has 1 N–H and O–H groups in total. The molecule has 1 amide bonds. The van der Waals surface area contributed by atoms with Crippen LogP contribution in [0.5, 0.6) is 5.88 Å². The fourth-order valence-electron chi connectivity index (χ4n) is 4.92. The van der Waals surface area contributed by atoms with Gasteiger partial charge >= 0.3 is 0 Å². The number of ether oxygens (including phenoxy) is 2. The summed E-state index contributed by atoms with van der Waals surface area (Å²) < 4.78 is 11.3. The van der Waals surface area contributed by atoms with E-state index in [0.717, 1.165) is 51.7 Å². The van der Waals surface area contributed by atoms with Crippen LogP contribution in [0, 0.1) is 17.2 Å². The molecule has 1 aliphatic carbocycles. The van der Waals surface area contributed by atoms with E-state index >= 15 is 0 Å². The van der Waals surface area contributed by atoms with Crippen LogP contribution >= 0.6 is 12.6 Å². The number of rotatable bonds is 7. The maximum absolute atomic E-state index is 13.0. The zero-order valence-corrected chi connectivity index (χ0v) is 19.9. The highest BCUT2D eigenvalue weighted by atomic mass is 32.1. The van der Waals surface area contributed by atoms with Crippen molar-refractivity contribution in [2.24, 2.45) is 5.92 Å². The largest absolute Gasteiger partial charge is 0.477 e. The Kier molecular flexibility index (Phi) is 8.59. The Morgan fingerprint density at radius 2 is 1.94 bits per heavy atom. The minimum absolute atomic E-state index is 0.145. The van der Waals surface area contributed by atoms with Crippen LogP contribution in [-0.2, 0) is 4.74 Å². The fourth-order valence-corrected chi connectivity index (χ4v) is 5.08. The second-order valence-electron chi connectivity index (χ2n) is 9.16. The summed E-state index contributed by atoms with van der Waals surface area (Å²) in [7, 11) is 0. The fraction of sp³-hybridized carbons (Fsp3) is 0.667. The number of carbonyl (C=O) groups excluding carboxylic acids is 1. The van der Waals surface area contributed by atoms with Crippen molar-refractivity contribution in [3.63, 3.8) is 0 Å². The summed E-state index contributed by atoms with van der Waals surface area (Å²) >= 11 is 4.32. The molecule has 1 saturated carbocycles.